The Morgan fingerprint density at radius 3 is 2.00 bits per heavy atom. The van der Waals surface area contributed by atoms with E-state index in [1.807, 2.05) is 0 Å². The molecule has 2 aromatic carbocycles. The second-order valence-corrected chi connectivity index (χ2v) is 8.66. The number of nitrogens with one attached hydrogen (secondary N) is 2. The number of phenolic OH excluding ortho intramolecular Hbond substituents is 1. The summed E-state index contributed by atoms with van der Waals surface area (Å²) in [5.74, 6) is -1.29. The topological polar surface area (TPSA) is 139 Å². The van der Waals surface area contributed by atoms with Crippen molar-refractivity contribution in [2.75, 3.05) is 22.8 Å². The molecule has 2 rings (SSSR count). The summed E-state index contributed by atoms with van der Waals surface area (Å²) in [4.78, 5) is 11.3. The molecule has 0 saturated carbocycles. The highest BCUT2D eigenvalue weighted by molar-refractivity contribution is 7.92. The highest BCUT2D eigenvalue weighted by atomic mass is 32.2. The first-order valence-corrected chi connectivity index (χ1v) is 10.4. The fourth-order valence-corrected chi connectivity index (χ4v) is 3.64. The van der Waals surface area contributed by atoms with Crippen molar-refractivity contribution in [2.24, 2.45) is 0 Å². The predicted octanol–water partition coefficient (Wildman–Crippen LogP) is 1.35. The minimum atomic E-state index is -4.05. The Morgan fingerprint density at radius 2 is 1.50 bits per heavy atom. The molecule has 0 aromatic heterocycles. The third-order valence-corrected chi connectivity index (χ3v) is 5.11. The van der Waals surface area contributed by atoms with Crippen LogP contribution in [0.5, 0.6) is 5.75 Å². The van der Waals surface area contributed by atoms with Crippen LogP contribution < -0.4 is 9.44 Å². The van der Waals surface area contributed by atoms with E-state index in [1.54, 1.807) is 0 Å². The van der Waals surface area contributed by atoms with Crippen LogP contribution in [0.2, 0.25) is 0 Å². The fraction of sp³-hybridized carbons (Fsp3) is 0.133. The Balaban J connectivity index is 2.27. The average molecular weight is 400 g/mol. The zero-order valence-corrected chi connectivity index (χ0v) is 15.4. The van der Waals surface area contributed by atoms with E-state index in [0.29, 0.717) is 0 Å². The number of sulfonamides is 2. The van der Waals surface area contributed by atoms with E-state index >= 15 is 0 Å². The summed E-state index contributed by atoms with van der Waals surface area (Å²) in [7, 11) is -6.39. The number of benzene rings is 2. The molecule has 0 atom stereocenters. The molecule has 0 heterocycles. The summed E-state index contributed by atoms with van der Waals surface area (Å²) in [5.41, 5.74) is 0.160. The Morgan fingerprint density at radius 1 is 0.962 bits per heavy atom. The summed E-state index contributed by atoms with van der Waals surface area (Å²) in [6.45, 7) is 0. The zero-order chi connectivity index (χ0) is 19.5. The summed E-state index contributed by atoms with van der Waals surface area (Å²) >= 11 is 0. The third kappa shape index (κ3) is 4.86. The largest absolute Gasteiger partial charge is 0.507 e. The van der Waals surface area contributed by atoms with E-state index in [2.05, 4.69) is 14.2 Å². The van der Waals surface area contributed by atoms with Gasteiger partial charge in [0.2, 0.25) is 10.0 Å². The molecule has 0 radical (unpaired) electrons. The molecule has 0 fully saturated rings. The van der Waals surface area contributed by atoms with Crippen molar-refractivity contribution in [3.05, 3.63) is 48.0 Å². The predicted molar refractivity (Wildman–Crippen MR) is 95.2 cm³/mol. The molecule has 2 aromatic rings. The first-order chi connectivity index (χ1) is 12.0. The lowest BCUT2D eigenvalue weighted by molar-refractivity contribution is 0.0597. The average Bonchev–Trinajstić information content (AvgIpc) is 2.54. The Bertz CT molecular complexity index is 1030. The van der Waals surface area contributed by atoms with Gasteiger partial charge in [-0.3, -0.25) is 9.44 Å². The molecule has 0 bridgehead atoms. The van der Waals surface area contributed by atoms with E-state index in [1.165, 1.54) is 24.3 Å². The number of phenols is 1. The van der Waals surface area contributed by atoms with Crippen LogP contribution in [0.3, 0.4) is 0 Å². The number of aromatic hydroxyl groups is 1. The number of ether oxygens (including phenoxy) is 1. The number of rotatable bonds is 6. The maximum atomic E-state index is 12.4. The molecule has 9 nitrogen and oxygen atoms in total. The van der Waals surface area contributed by atoms with Gasteiger partial charge >= 0.3 is 5.97 Å². The molecule has 0 aliphatic rings. The maximum Gasteiger partial charge on any atom is 0.341 e. The molecular weight excluding hydrogens is 384 g/mol. The first-order valence-electron chi connectivity index (χ1n) is 7.04. The van der Waals surface area contributed by atoms with Gasteiger partial charge in [-0.25, -0.2) is 21.6 Å². The van der Waals surface area contributed by atoms with Gasteiger partial charge in [-0.2, -0.15) is 0 Å². The van der Waals surface area contributed by atoms with E-state index in [0.717, 1.165) is 31.6 Å². The quantitative estimate of drug-likeness (QED) is 0.622. The minimum Gasteiger partial charge on any atom is -0.507 e. The van der Waals surface area contributed by atoms with Crippen molar-refractivity contribution >= 4 is 37.4 Å². The third-order valence-electron chi connectivity index (χ3n) is 3.12. The van der Waals surface area contributed by atoms with Crippen LogP contribution in [-0.2, 0) is 24.8 Å². The second-order valence-electron chi connectivity index (χ2n) is 5.23. The molecule has 11 heteroatoms. The number of carbonyl (C=O) groups excluding carboxylic acids is 1. The summed E-state index contributed by atoms with van der Waals surface area (Å²) in [6, 6.07) is 8.69. The second kappa shape index (κ2) is 7.22. The molecule has 0 aliphatic carbocycles. The molecule has 0 unspecified atom stereocenters. The smallest absolute Gasteiger partial charge is 0.341 e. The molecule has 0 saturated heterocycles. The van der Waals surface area contributed by atoms with Gasteiger partial charge in [0, 0.05) is 11.4 Å². The minimum absolute atomic E-state index is 0.178. The van der Waals surface area contributed by atoms with Gasteiger partial charge in [-0.1, -0.05) is 0 Å². The number of hydrogen-bond donors (Lipinski definition) is 3. The molecule has 140 valence electrons. The zero-order valence-electron chi connectivity index (χ0n) is 13.8. The maximum absolute atomic E-state index is 12.4. The van der Waals surface area contributed by atoms with Gasteiger partial charge in [-0.05, 0) is 42.5 Å². The van der Waals surface area contributed by atoms with Gasteiger partial charge in [0.1, 0.15) is 11.3 Å². The van der Waals surface area contributed by atoms with Gasteiger partial charge < -0.3 is 9.84 Å². The lowest BCUT2D eigenvalue weighted by Gasteiger charge is -2.11. The highest BCUT2D eigenvalue weighted by Gasteiger charge is 2.19. The van der Waals surface area contributed by atoms with Gasteiger partial charge in [0.25, 0.3) is 10.0 Å². The van der Waals surface area contributed by atoms with Crippen molar-refractivity contribution in [3.63, 3.8) is 0 Å². The lowest BCUT2D eigenvalue weighted by Crippen LogP contribution is -2.14. The number of methoxy groups -OCH3 is 1. The highest BCUT2D eigenvalue weighted by Crippen LogP contribution is 2.24. The van der Waals surface area contributed by atoms with Crippen LogP contribution in [-0.4, -0.2) is 41.3 Å². The SMILES string of the molecule is COC(=O)c1cc(S(=O)(=O)Nc2ccc(NS(C)(=O)=O)cc2)ccc1O. The van der Waals surface area contributed by atoms with E-state index < -0.39 is 31.8 Å². The van der Waals surface area contributed by atoms with Crippen molar-refractivity contribution in [3.8, 4) is 5.75 Å². The van der Waals surface area contributed by atoms with Gasteiger partial charge in [0.05, 0.1) is 18.3 Å². The number of anilines is 2. The first kappa shape index (κ1) is 19.5. The molecule has 3 N–H and O–H groups in total. The monoisotopic (exact) mass is 400 g/mol. The summed E-state index contributed by atoms with van der Waals surface area (Å²) in [5, 5.41) is 9.64. The molecular formula is C15H16N2O7S2. The Labute approximate surface area is 150 Å². The van der Waals surface area contributed by atoms with E-state index in [4.69, 9.17) is 0 Å². The van der Waals surface area contributed by atoms with Gasteiger partial charge in [-0.15, -0.1) is 0 Å². The Kier molecular flexibility index (Phi) is 5.42. The fourth-order valence-electron chi connectivity index (χ4n) is 1.99. The normalized spacial score (nSPS) is 11.6. The van der Waals surface area contributed by atoms with Crippen LogP contribution in [0.25, 0.3) is 0 Å². The van der Waals surface area contributed by atoms with Crippen molar-refractivity contribution in [1.29, 1.82) is 0 Å². The molecule has 0 amide bonds. The van der Waals surface area contributed by atoms with Crippen LogP contribution in [0.1, 0.15) is 10.4 Å². The number of esters is 1. The summed E-state index contributed by atoms with van der Waals surface area (Å²) < 4.78 is 56.2. The van der Waals surface area contributed by atoms with E-state index in [9.17, 15) is 26.7 Å². The van der Waals surface area contributed by atoms with Crippen molar-refractivity contribution < 1.29 is 31.5 Å². The Hall–Kier alpha value is -2.79. The van der Waals surface area contributed by atoms with Crippen LogP contribution in [0, 0.1) is 0 Å². The van der Waals surface area contributed by atoms with Crippen molar-refractivity contribution in [2.45, 2.75) is 4.90 Å². The molecule has 0 aliphatic heterocycles. The number of hydrogen-bond acceptors (Lipinski definition) is 7. The number of carbonyl (C=O) groups is 1. The molecule has 26 heavy (non-hydrogen) atoms. The lowest BCUT2D eigenvalue weighted by atomic mass is 10.2. The standard InChI is InChI=1S/C15H16N2O7S2/c1-24-15(19)13-9-12(7-8-14(13)18)26(22,23)17-11-5-3-10(4-6-11)16-25(2,20)21/h3-9,16-18H,1-2H3. The summed E-state index contributed by atoms with van der Waals surface area (Å²) in [6.07, 6.45) is 0.993. The van der Waals surface area contributed by atoms with Crippen molar-refractivity contribution in [1.82, 2.24) is 0 Å². The van der Waals surface area contributed by atoms with Gasteiger partial charge in [0.15, 0.2) is 0 Å². The van der Waals surface area contributed by atoms with Crippen LogP contribution in [0.15, 0.2) is 47.4 Å². The van der Waals surface area contributed by atoms with Crippen LogP contribution in [0.4, 0.5) is 11.4 Å². The van der Waals surface area contributed by atoms with E-state index in [-0.39, 0.29) is 21.8 Å². The van der Waals surface area contributed by atoms with Crippen LogP contribution >= 0.6 is 0 Å². The molecule has 0 spiro atoms.